The number of benzene rings is 1. The molecule has 0 saturated carbocycles. The van der Waals surface area contributed by atoms with E-state index < -0.39 is 24.0 Å². The second-order valence-corrected chi connectivity index (χ2v) is 5.36. The Morgan fingerprint density at radius 1 is 1.36 bits per heavy atom. The number of carboxylic acid groups (broad SMARTS) is 1. The minimum Gasteiger partial charge on any atom is -0.480 e. The molecule has 2 aromatic rings. The number of carbonyl (C=O) groups excluding carboxylic acids is 1. The van der Waals surface area contributed by atoms with Crippen molar-refractivity contribution in [2.24, 2.45) is 5.73 Å². The summed E-state index contributed by atoms with van der Waals surface area (Å²) in [5, 5.41) is 12.8. The minimum absolute atomic E-state index is 0.212. The SMILES string of the molecule is CCC[C@@H](N)C(=O)N[C@@H](Cc1c[nH]c2ccccc12)C(=O)O. The number of carboxylic acids is 1. The van der Waals surface area contributed by atoms with Crippen LogP contribution in [-0.2, 0) is 16.0 Å². The minimum atomic E-state index is -1.07. The van der Waals surface area contributed by atoms with Crippen LogP contribution in [0.3, 0.4) is 0 Å². The van der Waals surface area contributed by atoms with Gasteiger partial charge in [-0.25, -0.2) is 4.79 Å². The van der Waals surface area contributed by atoms with Crippen molar-refractivity contribution in [1.82, 2.24) is 10.3 Å². The van der Waals surface area contributed by atoms with Gasteiger partial charge in [0.15, 0.2) is 0 Å². The average molecular weight is 303 g/mol. The van der Waals surface area contributed by atoms with E-state index >= 15 is 0 Å². The molecule has 1 heterocycles. The maximum Gasteiger partial charge on any atom is 0.326 e. The summed E-state index contributed by atoms with van der Waals surface area (Å²) in [6.07, 6.45) is 3.29. The number of nitrogens with one attached hydrogen (secondary N) is 2. The van der Waals surface area contributed by atoms with Crippen molar-refractivity contribution < 1.29 is 14.7 Å². The van der Waals surface area contributed by atoms with Gasteiger partial charge in [0.1, 0.15) is 6.04 Å². The van der Waals surface area contributed by atoms with Crippen molar-refractivity contribution in [3.8, 4) is 0 Å². The van der Waals surface area contributed by atoms with Crippen molar-refractivity contribution in [2.45, 2.75) is 38.3 Å². The quantitative estimate of drug-likeness (QED) is 0.620. The van der Waals surface area contributed by atoms with Crippen molar-refractivity contribution >= 4 is 22.8 Å². The van der Waals surface area contributed by atoms with Crippen molar-refractivity contribution in [3.05, 3.63) is 36.0 Å². The number of amides is 1. The normalized spacial score (nSPS) is 13.7. The Labute approximate surface area is 128 Å². The van der Waals surface area contributed by atoms with E-state index in [1.807, 2.05) is 31.2 Å². The number of aromatic nitrogens is 1. The Morgan fingerprint density at radius 3 is 2.77 bits per heavy atom. The number of H-pyrrole nitrogens is 1. The van der Waals surface area contributed by atoms with Crippen molar-refractivity contribution in [1.29, 1.82) is 0 Å². The van der Waals surface area contributed by atoms with E-state index in [1.54, 1.807) is 6.20 Å². The van der Waals surface area contributed by atoms with Crippen LogP contribution < -0.4 is 11.1 Å². The number of nitrogens with two attached hydrogens (primary N) is 1. The number of para-hydroxylation sites is 1. The van der Waals surface area contributed by atoms with Crippen LogP contribution in [0.2, 0.25) is 0 Å². The van der Waals surface area contributed by atoms with E-state index in [2.05, 4.69) is 10.3 Å². The number of hydrogen-bond acceptors (Lipinski definition) is 3. The topological polar surface area (TPSA) is 108 Å². The second-order valence-electron chi connectivity index (χ2n) is 5.36. The predicted molar refractivity (Wildman–Crippen MR) is 84.5 cm³/mol. The van der Waals surface area contributed by atoms with E-state index in [9.17, 15) is 14.7 Å². The first-order chi connectivity index (χ1) is 10.5. The first kappa shape index (κ1) is 16.0. The number of aromatic amines is 1. The van der Waals surface area contributed by atoms with Gasteiger partial charge >= 0.3 is 5.97 Å². The molecule has 0 saturated heterocycles. The molecule has 1 aromatic carbocycles. The third-order valence-corrected chi connectivity index (χ3v) is 3.65. The van der Waals surface area contributed by atoms with Gasteiger partial charge in [0, 0.05) is 23.5 Å². The van der Waals surface area contributed by atoms with E-state index in [4.69, 9.17) is 5.73 Å². The summed E-state index contributed by atoms with van der Waals surface area (Å²) in [6.45, 7) is 1.92. The molecule has 6 heteroatoms. The first-order valence-electron chi connectivity index (χ1n) is 7.36. The molecule has 118 valence electrons. The zero-order valence-corrected chi connectivity index (χ0v) is 12.5. The van der Waals surface area contributed by atoms with Gasteiger partial charge in [0.2, 0.25) is 5.91 Å². The molecule has 1 aromatic heterocycles. The molecule has 0 bridgehead atoms. The Morgan fingerprint density at radius 2 is 2.09 bits per heavy atom. The molecule has 1 amide bonds. The fourth-order valence-electron chi connectivity index (χ4n) is 2.44. The molecule has 0 aliphatic heterocycles. The molecule has 6 nitrogen and oxygen atoms in total. The number of rotatable bonds is 7. The Balaban J connectivity index is 2.12. The molecule has 0 aliphatic carbocycles. The lowest BCUT2D eigenvalue weighted by Crippen LogP contribution is -2.49. The summed E-state index contributed by atoms with van der Waals surface area (Å²) in [6, 6.07) is 5.98. The zero-order chi connectivity index (χ0) is 16.1. The molecule has 0 unspecified atom stereocenters. The van der Waals surface area contributed by atoms with Gasteiger partial charge in [-0.3, -0.25) is 4.79 Å². The molecule has 22 heavy (non-hydrogen) atoms. The maximum absolute atomic E-state index is 11.9. The lowest BCUT2D eigenvalue weighted by atomic mass is 10.0. The molecule has 2 atom stereocenters. The maximum atomic E-state index is 11.9. The third kappa shape index (κ3) is 3.65. The standard InChI is InChI=1S/C16H21N3O3/c1-2-5-12(17)15(20)19-14(16(21)22)8-10-9-18-13-7-4-3-6-11(10)13/h3-4,6-7,9,12,14,18H,2,5,8,17H2,1H3,(H,19,20)(H,21,22)/t12-,14+/m1/s1. The summed E-state index contributed by atoms with van der Waals surface area (Å²) >= 11 is 0. The highest BCUT2D eigenvalue weighted by Gasteiger charge is 2.24. The summed E-state index contributed by atoms with van der Waals surface area (Å²) in [7, 11) is 0. The Kier molecular flexibility index (Phi) is 5.16. The van der Waals surface area contributed by atoms with Crippen LogP contribution in [0, 0.1) is 0 Å². The molecule has 5 N–H and O–H groups in total. The molecular weight excluding hydrogens is 282 g/mol. The summed E-state index contributed by atoms with van der Waals surface area (Å²) < 4.78 is 0. The average Bonchev–Trinajstić information content (AvgIpc) is 2.90. The number of fused-ring (bicyclic) bond motifs is 1. The first-order valence-corrected chi connectivity index (χ1v) is 7.36. The lowest BCUT2D eigenvalue weighted by Gasteiger charge is -2.17. The summed E-state index contributed by atoms with van der Waals surface area (Å²) in [4.78, 5) is 26.4. The highest BCUT2D eigenvalue weighted by atomic mass is 16.4. The third-order valence-electron chi connectivity index (χ3n) is 3.65. The second kappa shape index (κ2) is 7.09. The number of hydrogen-bond donors (Lipinski definition) is 4. The van der Waals surface area contributed by atoms with Crippen LogP contribution in [-0.4, -0.2) is 34.1 Å². The Hall–Kier alpha value is -2.34. The monoisotopic (exact) mass is 303 g/mol. The largest absolute Gasteiger partial charge is 0.480 e. The Bertz CT molecular complexity index is 665. The highest BCUT2D eigenvalue weighted by Crippen LogP contribution is 2.19. The predicted octanol–water partition coefficient (Wildman–Crippen LogP) is 1.41. The van der Waals surface area contributed by atoms with Crippen molar-refractivity contribution in [3.63, 3.8) is 0 Å². The van der Waals surface area contributed by atoms with Gasteiger partial charge in [-0.1, -0.05) is 31.5 Å². The van der Waals surface area contributed by atoms with Gasteiger partial charge < -0.3 is 21.1 Å². The molecule has 2 rings (SSSR count). The van der Waals surface area contributed by atoms with Gasteiger partial charge in [0.25, 0.3) is 0 Å². The highest BCUT2D eigenvalue weighted by molar-refractivity contribution is 5.88. The van der Waals surface area contributed by atoms with E-state index in [-0.39, 0.29) is 6.42 Å². The van der Waals surface area contributed by atoms with Crippen LogP contribution >= 0.6 is 0 Å². The van der Waals surface area contributed by atoms with Gasteiger partial charge in [-0.15, -0.1) is 0 Å². The molecule has 0 spiro atoms. The molecule has 0 aliphatic rings. The van der Waals surface area contributed by atoms with Gasteiger partial charge in [-0.2, -0.15) is 0 Å². The van der Waals surface area contributed by atoms with E-state index in [1.165, 1.54) is 0 Å². The van der Waals surface area contributed by atoms with Crippen LogP contribution in [0.1, 0.15) is 25.3 Å². The van der Waals surface area contributed by atoms with Gasteiger partial charge in [-0.05, 0) is 18.1 Å². The van der Waals surface area contributed by atoms with Crippen molar-refractivity contribution in [2.75, 3.05) is 0 Å². The number of carbonyl (C=O) groups is 2. The smallest absolute Gasteiger partial charge is 0.326 e. The molecule has 0 radical (unpaired) electrons. The van der Waals surface area contributed by atoms with E-state index in [0.717, 1.165) is 22.9 Å². The molecule has 0 fully saturated rings. The number of aliphatic carboxylic acids is 1. The zero-order valence-electron chi connectivity index (χ0n) is 12.5. The summed E-state index contributed by atoms with van der Waals surface area (Å²) in [5.41, 5.74) is 7.52. The fourth-order valence-corrected chi connectivity index (χ4v) is 2.44. The van der Waals surface area contributed by atoms with E-state index in [0.29, 0.717) is 6.42 Å². The molecular formula is C16H21N3O3. The van der Waals surface area contributed by atoms with Crippen LogP contribution in [0.15, 0.2) is 30.5 Å². The van der Waals surface area contributed by atoms with Gasteiger partial charge in [0.05, 0.1) is 6.04 Å². The van der Waals surface area contributed by atoms with Crippen LogP contribution in [0.25, 0.3) is 10.9 Å². The van der Waals surface area contributed by atoms with Crippen LogP contribution in [0.5, 0.6) is 0 Å². The summed E-state index contributed by atoms with van der Waals surface area (Å²) in [5.74, 6) is -1.49. The van der Waals surface area contributed by atoms with Crippen LogP contribution in [0.4, 0.5) is 0 Å². The lowest BCUT2D eigenvalue weighted by molar-refractivity contribution is -0.142. The fraction of sp³-hybridized carbons (Fsp3) is 0.375.